The van der Waals surface area contributed by atoms with Crippen LogP contribution in [-0.2, 0) is 13.6 Å². The molecule has 0 aliphatic heterocycles. The van der Waals surface area contributed by atoms with Crippen LogP contribution in [-0.4, -0.2) is 18.9 Å². The van der Waals surface area contributed by atoms with Gasteiger partial charge >= 0.3 is 0 Å². The predicted molar refractivity (Wildman–Crippen MR) is 87.8 cm³/mol. The quantitative estimate of drug-likeness (QED) is 0.695. The van der Waals surface area contributed by atoms with E-state index in [1.54, 1.807) is 15.6 Å². The van der Waals surface area contributed by atoms with Crippen LogP contribution in [0.5, 0.6) is 0 Å². The molecule has 0 fully saturated rings. The molecule has 2 heterocycles. The molecule has 0 spiro atoms. The Balaban J connectivity index is 2.07. The Bertz CT molecular complexity index is 901. The molecule has 0 unspecified atom stereocenters. The largest absolute Gasteiger partial charge is 0.315 e. The standard InChI is InChI=1S/C16H18N6O/c1-4-21-11-10-17-16(21)19-18-14-12(2)20(3)22(15(14)23)13-8-6-5-7-9-13/h5-11H,4H2,1-3H3. The number of imidazole rings is 1. The van der Waals surface area contributed by atoms with Crippen LogP contribution < -0.4 is 5.56 Å². The first-order chi connectivity index (χ1) is 11.1. The monoisotopic (exact) mass is 310 g/mol. The van der Waals surface area contributed by atoms with Gasteiger partial charge in [-0.25, -0.2) is 9.67 Å². The molecule has 0 amide bonds. The van der Waals surface area contributed by atoms with Crippen LogP contribution in [0.3, 0.4) is 0 Å². The van der Waals surface area contributed by atoms with E-state index in [4.69, 9.17) is 0 Å². The van der Waals surface area contributed by atoms with E-state index in [2.05, 4.69) is 15.2 Å². The van der Waals surface area contributed by atoms with Crippen molar-refractivity contribution in [3.05, 3.63) is 58.8 Å². The van der Waals surface area contributed by atoms with Gasteiger partial charge in [0, 0.05) is 26.0 Å². The molecule has 7 heteroatoms. The number of hydrogen-bond donors (Lipinski definition) is 0. The first-order valence-corrected chi connectivity index (χ1v) is 7.40. The highest BCUT2D eigenvalue weighted by Crippen LogP contribution is 2.19. The summed E-state index contributed by atoms with van der Waals surface area (Å²) in [7, 11) is 1.83. The maximum atomic E-state index is 12.7. The fourth-order valence-electron chi connectivity index (χ4n) is 2.42. The van der Waals surface area contributed by atoms with Crippen molar-refractivity contribution in [2.45, 2.75) is 20.4 Å². The molecule has 118 valence electrons. The van der Waals surface area contributed by atoms with Gasteiger partial charge in [-0.05, 0) is 26.0 Å². The van der Waals surface area contributed by atoms with Crippen molar-refractivity contribution in [3.8, 4) is 5.69 Å². The van der Waals surface area contributed by atoms with Crippen LogP contribution in [0.4, 0.5) is 11.6 Å². The van der Waals surface area contributed by atoms with Gasteiger partial charge < -0.3 is 4.57 Å². The summed E-state index contributed by atoms with van der Waals surface area (Å²) in [6.07, 6.45) is 3.49. The van der Waals surface area contributed by atoms with Crippen molar-refractivity contribution in [2.24, 2.45) is 17.3 Å². The molecule has 3 aromatic rings. The molecular formula is C16H18N6O. The van der Waals surface area contributed by atoms with E-state index in [1.807, 2.05) is 62.0 Å². The van der Waals surface area contributed by atoms with Crippen molar-refractivity contribution in [3.63, 3.8) is 0 Å². The summed E-state index contributed by atoms with van der Waals surface area (Å²) in [5, 5.41) is 8.28. The van der Waals surface area contributed by atoms with E-state index >= 15 is 0 Å². The Kier molecular flexibility index (Phi) is 3.92. The van der Waals surface area contributed by atoms with Gasteiger partial charge in [-0.1, -0.05) is 18.2 Å². The van der Waals surface area contributed by atoms with Gasteiger partial charge in [0.1, 0.15) is 0 Å². The molecule has 0 aliphatic rings. The first-order valence-electron chi connectivity index (χ1n) is 7.40. The SMILES string of the molecule is CCn1ccnc1N=Nc1c(C)n(C)n(-c2ccccc2)c1=O. The second-order valence-electron chi connectivity index (χ2n) is 5.12. The van der Waals surface area contributed by atoms with E-state index in [9.17, 15) is 4.79 Å². The Morgan fingerprint density at radius 3 is 2.61 bits per heavy atom. The smallest absolute Gasteiger partial charge is 0.299 e. The Labute approximate surface area is 133 Å². The van der Waals surface area contributed by atoms with Crippen molar-refractivity contribution < 1.29 is 0 Å². The van der Waals surface area contributed by atoms with Gasteiger partial charge in [-0.3, -0.25) is 9.48 Å². The summed E-state index contributed by atoms with van der Waals surface area (Å²) in [4.78, 5) is 16.8. The van der Waals surface area contributed by atoms with Crippen LogP contribution in [0.1, 0.15) is 12.6 Å². The summed E-state index contributed by atoms with van der Waals surface area (Å²) in [6, 6.07) is 9.46. The Morgan fingerprint density at radius 1 is 1.17 bits per heavy atom. The minimum atomic E-state index is -0.199. The zero-order chi connectivity index (χ0) is 16.4. The molecule has 0 N–H and O–H groups in total. The summed E-state index contributed by atoms with van der Waals surface area (Å²) in [5.74, 6) is 0.487. The first kappa shape index (κ1) is 15.0. The zero-order valence-electron chi connectivity index (χ0n) is 13.3. The molecule has 0 aliphatic carbocycles. The highest BCUT2D eigenvalue weighted by Gasteiger charge is 2.15. The molecule has 0 atom stereocenters. The van der Waals surface area contributed by atoms with E-state index in [-0.39, 0.29) is 5.56 Å². The minimum absolute atomic E-state index is 0.199. The molecule has 0 saturated heterocycles. The molecular weight excluding hydrogens is 292 g/mol. The summed E-state index contributed by atoms with van der Waals surface area (Å²) < 4.78 is 5.21. The van der Waals surface area contributed by atoms with Gasteiger partial charge in [0.05, 0.1) is 11.4 Å². The van der Waals surface area contributed by atoms with Gasteiger partial charge in [-0.2, -0.15) is 0 Å². The normalized spacial score (nSPS) is 11.4. The Hall–Kier alpha value is -2.96. The molecule has 0 radical (unpaired) electrons. The molecule has 1 aromatic carbocycles. The van der Waals surface area contributed by atoms with E-state index < -0.39 is 0 Å². The maximum absolute atomic E-state index is 12.7. The minimum Gasteiger partial charge on any atom is -0.315 e. The second-order valence-corrected chi connectivity index (χ2v) is 5.12. The number of hydrogen-bond acceptors (Lipinski definition) is 4. The third-order valence-corrected chi connectivity index (χ3v) is 3.80. The number of aryl methyl sites for hydroxylation is 1. The summed E-state index contributed by atoms with van der Waals surface area (Å²) in [6.45, 7) is 4.59. The average molecular weight is 310 g/mol. The lowest BCUT2D eigenvalue weighted by molar-refractivity contribution is 0.630. The molecule has 23 heavy (non-hydrogen) atoms. The summed E-state index contributed by atoms with van der Waals surface area (Å²) in [5.41, 5.74) is 1.66. The topological polar surface area (TPSA) is 69.5 Å². The predicted octanol–water partition coefficient (Wildman–Crippen LogP) is 3.12. The van der Waals surface area contributed by atoms with Crippen LogP contribution in [0.2, 0.25) is 0 Å². The lowest BCUT2D eigenvalue weighted by atomic mass is 10.3. The van der Waals surface area contributed by atoms with Crippen LogP contribution >= 0.6 is 0 Å². The molecule has 0 bridgehead atoms. The van der Waals surface area contributed by atoms with Crippen molar-refractivity contribution >= 4 is 11.6 Å². The number of aromatic nitrogens is 4. The number of azo groups is 1. The van der Waals surface area contributed by atoms with Gasteiger partial charge in [0.2, 0.25) is 5.95 Å². The van der Waals surface area contributed by atoms with Gasteiger partial charge in [0.25, 0.3) is 5.56 Å². The fourth-order valence-corrected chi connectivity index (χ4v) is 2.42. The highest BCUT2D eigenvalue weighted by molar-refractivity contribution is 5.44. The summed E-state index contributed by atoms with van der Waals surface area (Å²) >= 11 is 0. The van der Waals surface area contributed by atoms with Gasteiger partial charge in [-0.15, -0.1) is 10.2 Å². The van der Waals surface area contributed by atoms with Crippen LogP contribution in [0.25, 0.3) is 5.69 Å². The third kappa shape index (κ3) is 2.61. The Morgan fingerprint density at radius 2 is 1.91 bits per heavy atom. The maximum Gasteiger partial charge on any atom is 0.299 e. The van der Waals surface area contributed by atoms with E-state index in [0.29, 0.717) is 11.6 Å². The number of benzene rings is 1. The number of para-hydroxylation sites is 1. The molecule has 3 rings (SSSR count). The van der Waals surface area contributed by atoms with Crippen molar-refractivity contribution in [1.82, 2.24) is 18.9 Å². The fraction of sp³-hybridized carbons (Fsp3) is 0.250. The zero-order valence-corrected chi connectivity index (χ0v) is 13.3. The molecule has 0 saturated carbocycles. The van der Waals surface area contributed by atoms with Crippen LogP contribution in [0, 0.1) is 6.92 Å². The highest BCUT2D eigenvalue weighted by atomic mass is 16.1. The van der Waals surface area contributed by atoms with Crippen molar-refractivity contribution in [2.75, 3.05) is 0 Å². The van der Waals surface area contributed by atoms with Crippen LogP contribution in [0.15, 0.2) is 57.7 Å². The van der Waals surface area contributed by atoms with Gasteiger partial charge in [0.15, 0.2) is 5.69 Å². The third-order valence-electron chi connectivity index (χ3n) is 3.80. The molecule has 7 nitrogen and oxygen atoms in total. The lowest BCUT2D eigenvalue weighted by Crippen LogP contribution is -2.19. The number of rotatable bonds is 4. The second kappa shape index (κ2) is 6.04. The number of nitrogens with zero attached hydrogens (tertiary/aromatic N) is 6. The van der Waals surface area contributed by atoms with Crippen molar-refractivity contribution in [1.29, 1.82) is 0 Å². The van der Waals surface area contributed by atoms with E-state index in [1.165, 1.54) is 0 Å². The van der Waals surface area contributed by atoms with E-state index in [0.717, 1.165) is 17.9 Å². The molecule has 2 aromatic heterocycles. The lowest BCUT2D eigenvalue weighted by Gasteiger charge is -2.07. The average Bonchev–Trinajstić information content (AvgIpc) is 3.10.